The minimum Gasteiger partial charge on any atom is -0.431 e. The van der Waals surface area contributed by atoms with Gasteiger partial charge in [-0.2, -0.15) is 5.01 Å². The smallest absolute Gasteiger partial charge is 0.431 e. The molecule has 0 bridgehead atoms. The highest BCUT2D eigenvalue weighted by atomic mass is 19.1. The summed E-state index contributed by atoms with van der Waals surface area (Å²) in [6.45, 7) is 2.09. The number of carbonyl (C=O) groups excluding carboxylic acids is 1. The summed E-state index contributed by atoms with van der Waals surface area (Å²) in [5.41, 5.74) is 2.89. The molecule has 2 rings (SSSR count). The Morgan fingerprint density at radius 3 is 2.86 bits per heavy atom. The number of anilines is 1. The van der Waals surface area contributed by atoms with Crippen molar-refractivity contribution in [2.45, 2.75) is 19.6 Å². The quantitative estimate of drug-likeness (QED) is 0.635. The van der Waals surface area contributed by atoms with Crippen molar-refractivity contribution in [2.75, 3.05) is 25.0 Å². The minimum atomic E-state index is -1.37. The van der Waals surface area contributed by atoms with Crippen molar-refractivity contribution < 1.29 is 23.4 Å². The van der Waals surface area contributed by atoms with Gasteiger partial charge in [0, 0.05) is 26.2 Å². The lowest BCUT2D eigenvalue weighted by Gasteiger charge is -2.27. The van der Waals surface area contributed by atoms with Gasteiger partial charge in [-0.25, -0.2) is 29.6 Å². The Labute approximate surface area is 126 Å². The second-order valence-electron chi connectivity index (χ2n) is 4.53. The van der Waals surface area contributed by atoms with Gasteiger partial charge in [-0.1, -0.05) is 0 Å². The fraction of sp³-hybridized carbons (Fsp3) is 0.500. The van der Waals surface area contributed by atoms with Crippen LogP contribution in [0.2, 0.25) is 0 Å². The molecule has 10 heteroatoms. The van der Waals surface area contributed by atoms with Crippen molar-refractivity contribution in [3.05, 3.63) is 18.5 Å². The summed E-state index contributed by atoms with van der Waals surface area (Å²) in [5.74, 6) is -1.04. The van der Waals surface area contributed by atoms with Gasteiger partial charge in [0.15, 0.2) is 0 Å². The first-order valence-corrected chi connectivity index (χ1v) is 6.48. The molecule has 1 aromatic heterocycles. The van der Waals surface area contributed by atoms with Gasteiger partial charge in [0.2, 0.25) is 5.95 Å². The number of rotatable bonds is 5. The summed E-state index contributed by atoms with van der Waals surface area (Å²) in [6.07, 6.45) is 2.10. The van der Waals surface area contributed by atoms with Gasteiger partial charge in [0.1, 0.15) is 20.0 Å². The number of aromatic nitrogens is 2. The van der Waals surface area contributed by atoms with Crippen LogP contribution in [0.4, 0.5) is 15.1 Å². The van der Waals surface area contributed by atoms with Crippen LogP contribution >= 0.6 is 0 Å². The normalized spacial score (nSPS) is 14.5. The van der Waals surface area contributed by atoms with Crippen molar-refractivity contribution in [1.29, 1.82) is 0 Å². The Kier molecular flexibility index (Phi) is 5.04. The molecule has 1 N–H and O–H groups in total. The Morgan fingerprint density at radius 2 is 2.18 bits per heavy atom. The van der Waals surface area contributed by atoms with Gasteiger partial charge < -0.3 is 14.2 Å². The number of nitrogens with zero attached hydrogens (tertiary/aromatic N) is 4. The molecule has 0 aliphatic carbocycles. The number of hydrogen-bond acceptors (Lipinski definition) is 9. The third kappa shape index (κ3) is 4.25. The maximum Gasteiger partial charge on any atom is 0.511 e. The number of halogens is 1. The number of nitrogens with one attached hydrogen (secondary N) is 1. The van der Waals surface area contributed by atoms with E-state index in [0.29, 0.717) is 5.95 Å². The Balaban J connectivity index is 1.97. The average molecular weight is 313 g/mol. The van der Waals surface area contributed by atoms with Gasteiger partial charge in [0.05, 0.1) is 0 Å². The highest BCUT2D eigenvalue weighted by Crippen LogP contribution is 2.17. The van der Waals surface area contributed by atoms with Crippen molar-refractivity contribution >= 4 is 18.1 Å². The topological polar surface area (TPSA) is 98.2 Å². The fourth-order valence-corrected chi connectivity index (χ4v) is 1.55. The molecule has 1 aliphatic heterocycles. The second-order valence-corrected chi connectivity index (χ2v) is 4.53. The number of alkyl halides is 1. The molecule has 2 heterocycles. The van der Waals surface area contributed by atoms with E-state index >= 15 is 0 Å². The average Bonchev–Trinajstić information content (AvgIpc) is 2.92. The Bertz CT molecular complexity index is 540. The van der Waals surface area contributed by atoms with Crippen LogP contribution in [0.5, 0.6) is 0 Å². The molecule has 0 saturated carbocycles. The highest BCUT2D eigenvalue weighted by Gasteiger charge is 2.32. The van der Waals surface area contributed by atoms with Crippen LogP contribution in [0.15, 0.2) is 23.5 Å². The van der Waals surface area contributed by atoms with Crippen LogP contribution in [0.25, 0.3) is 0 Å². The zero-order valence-electron chi connectivity index (χ0n) is 12.2. The molecule has 1 aliphatic rings. The minimum absolute atomic E-state index is 0.134. The van der Waals surface area contributed by atoms with Gasteiger partial charge in [-0.05, 0) is 6.07 Å². The molecule has 0 aromatic carbocycles. The van der Waals surface area contributed by atoms with E-state index < -0.39 is 18.6 Å². The molecule has 0 fully saturated rings. The maximum absolute atomic E-state index is 11.9. The van der Waals surface area contributed by atoms with E-state index in [4.69, 9.17) is 9.47 Å². The number of hydrogen-bond donors (Lipinski definition) is 1. The summed E-state index contributed by atoms with van der Waals surface area (Å²) in [6, 6.07) is 1.81. The molecule has 0 atom stereocenters. The lowest BCUT2D eigenvalue weighted by molar-refractivity contribution is -0.140. The molecule has 1 aromatic rings. The molecular formula is C12H16FN5O4. The standard InChI is InChI=1S/C12H16FN5O4/c1-12(2,22-11(19)20-7-4-13)21-10-16-8-17-18(10)9-14-5-3-6-15-9/h3,5-6,17H,4,7-8H2,1-2H3. The predicted octanol–water partition coefficient (Wildman–Crippen LogP) is 0.990. The Hall–Kier alpha value is -2.49. The van der Waals surface area contributed by atoms with Crippen LogP contribution in [-0.2, 0) is 14.2 Å². The third-order valence-electron chi connectivity index (χ3n) is 2.35. The molecule has 0 amide bonds. The zero-order valence-corrected chi connectivity index (χ0v) is 12.2. The van der Waals surface area contributed by atoms with Crippen molar-refractivity contribution in [3.63, 3.8) is 0 Å². The zero-order chi connectivity index (χ0) is 16.0. The number of amidine groups is 1. The highest BCUT2D eigenvalue weighted by molar-refractivity contribution is 5.90. The van der Waals surface area contributed by atoms with E-state index in [1.165, 1.54) is 18.9 Å². The molecular weight excluding hydrogens is 297 g/mol. The number of hydrazine groups is 1. The molecule has 0 spiro atoms. The summed E-state index contributed by atoms with van der Waals surface area (Å²) in [7, 11) is 0. The van der Waals surface area contributed by atoms with E-state index in [9.17, 15) is 9.18 Å². The third-order valence-corrected chi connectivity index (χ3v) is 2.35. The number of aliphatic imine (C=N–C) groups is 1. The lowest BCUT2D eigenvalue weighted by Crippen LogP contribution is -2.44. The largest absolute Gasteiger partial charge is 0.511 e. The monoisotopic (exact) mass is 313 g/mol. The van der Waals surface area contributed by atoms with Gasteiger partial charge in [-0.15, -0.1) is 0 Å². The summed E-state index contributed by atoms with van der Waals surface area (Å²) in [4.78, 5) is 23.6. The summed E-state index contributed by atoms with van der Waals surface area (Å²) >= 11 is 0. The lowest BCUT2D eigenvalue weighted by atomic mass is 10.4. The van der Waals surface area contributed by atoms with Crippen LogP contribution in [0.1, 0.15) is 13.8 Å². The van der Waals surface area contributed by atoms with Gasteiger partial charge >= 0.3 is 12.2 Å². The van der Waals surface area contributed by atoms with Crippen LogP contribution in [0, 0.1) is 0 Å². The Morgan fingerprint density at radius 1 is 1.45 bits per heavy atom. The first kappa shape index (κ1) is 15.9. The van der Waals surface area contributed by atoms with Crippen LogP contribution in [-0.4, -0.2) is 47.9 Å². The SMILES string of the molecule is CC(C)(OC(=O)OCCF)OC1=NCNN1c1ncccn1. The van der Waals surface area contributed by atoms with E-state index in [1.54, 1.807) is 18.5 Å². The first-order chi connectivity index (χ1) is 10.5. The van der Waals surface area contributed by atoms with E-state index in [0.717, 1.165) is 0 Å². The van der Waals surface area contributed by atoms with Crippen molar-refractivity contribution in [2.24, 2.45) is 4.99 Å². The van der Waals surface area contributed by atoms with E-state index in [-0.39, 0.29) is 19.3 Å². The number of carbonyl (C=O) groups is 1. The molecule has 9 nitrogen and oxygen atoms in total. The maximum atomic E-state index is 11.9. The summed E-state index contributed by atoms with van der Waals surface area (Å²) < 4.78 is 26.9. The number of ether oxygens (including phenoxy) is 3. The fourth-order valence-electron chi connectivity index (χ4n) is 1.55. The molecule has 120 valence electrons. The molecule has 22 heavy (non-hydrogen) atoms. The predicted molar refractivity (Wildman–Crippen MR) is 73.5 cm³/mol. The molecule has 0 saturated heterocycles. The van der Waals surface area contributed by atoms with Crippen molar-refractivity contribution in [3.8, 4) is 0 Å². The summed E-state index contributed by atoms with van der Waals surface area (Å²) in [5, 5.41) is 1.41. The van der Waals surface area contributed by atoms with Gasteiger partial charge in [0.25, 0.3) is 5.79 Å². The van der Waals surface area contributed by atoms with E-state index in [2.05, 4.69) is 25.1 Å². The first-order valence-electron chi connectivity index (χ1n) is 6.48. The van der Waals surface area contributed by atoms with Crippen LogP contribution < -0.4 is 10.4 Å². The van der Waals surface area contributed by atoms with Crippen LogP contribution in [0.3, 0.4) is 0 Å². The van der Waals surface area contributed by atoms with Gasteiger partial charge in [-0.3, -0.25) is 0 Å². The van der Waals surface area contributed by atoms with Crippen molar-refractivity contribution in [1.82, 2.24) is 15.4 Å². The molecule has 0 unspecified atom stereocenters. The van der Waals surface area contributed by atoms with E-state index in [1.807, 2.05) is 0 Å². The second kappa shape index (κ2) is 6.98. The molecule has 0 radical (unpaired) electrons.